The minimum atomic E-state index is -0.415. The van der Waals surface area contributed by atoms with Gasteiger partial charge in [0.1, 0.15) is 25.1 Å². The van der Waals surface area contributed by atoms with E-state index in [9.17, 15) is 19.2 Å². The Balaban J connectivity index is 3.46. The average molecular weight is 631 g/mol. The first kappa shape index (κ1) is 35.2. The fraction of sp³-hybridized carbons (Fsp3) is 0.778. The zero-order valence-electron chi connectivity index (χ0n) is 18.9. The van der Waals surface area contributed by atoms with Crippen LogP contribution in [0.5, 0.6) is 0 Å². The van der Waals surface area contributed by atoms with Gasteiger partial charge in [-0.05, 0) is 0 Å². The summed E-state index contributed by atoms with van der Waals surface area (Å²) in [4.78, 5) is 46.2. The summed E-state index contributed by atoms with van der Waals surface area (Å²) in [6, 6.07) is 0. The quantitative estimate of drug-likeness (QED) is 0.0693. The molecule has 0 aliphatic heterocycles. The second-order valence-electron chi connectivity index (χ2n) is 5.62. The highest BCUT2D eigenvalue weighted by Crippen LogP contribution is 2.12. The number of thioether (sulfide) groups is 7. The molecule has 0 rings (SSSR count). The highest BCUT2D eigenvalue weighted by molar-refractivity contribution is 8.16. The Hall–Kier alpha value is 0.250. The highest BCUT2D eigenvalue weighted by atomic mass is 32.2. The molecule has 0 heterocycles. The summed E-state index contributed by atoms with van der Waals surface area (Å²) < 4.78 is 20.1. The first-order chi connectivity index (χ1) is 17.0. The number of hydrogen-bond acceptors (Lipinski definition) is 17. The normalized spacial score (nSPS) is 10.6. The minimum Gasteiger partial charge on any atom is -0.464 e. The van der Waals surface area contributed by atoms with Crippen LogP contribution in [0, 0.1) is 0 Å². The molecule has 0 bridgehead atoms. The Morgan fingerprint density at radius 3 is 1.23 bits per heavy atom. The van der Waals surface area contributed by atoms with Crippen molar-refractivity contribution in [1.82, 2.24) is 0 Å². The summed E-state index contributed by atoms with van der Waals surface area (Å²) in [5, 5.41) is 18.5. The number of aliphatic hydroxyl groups is 2. The SMILES string of the molecule is O=C(CSCC(=O)OCSCSCO)OCCSCCOC(=O)CSCC(=O)OCSCSCO. The molecule has 17 heteroatoms. The van der Waals surface area contributed by atoms with E-state index in [2.05, 4.69) is 0 Å². The van der Waals surface area contributed by atoms with Crippen molar-refractivity contribution in [3.63, 3.8) is 0 Å². The summed E-state index contributed by atoms with van der Waals surface area (Å²) in [6.45, 7) is 0.438. The number of carbonyl (C=O) groups excluding carboxylic acids is 4. The van der Waals surface area contributed by atoms with Gasteiger partial charge in [0.05, 0.1) is 34.9 Å². The number of hydrogen-bond donors (Lipinski definition) is 2. The molecule has 2 N–H and O–H groups in total. The van der Waals surface area contributed by atoms with Gasteiger partial charge >= 0.3 is 23.9 Å². The van der Waals surface area contributed by atoms with Crippen LogP contribution in [-0.4, -0.2) is 116 Å². The standard InChI is InChI=1S/C18H30O10S7/c19-9-32-13-34-11-27-17(23)7-30-5-15(21)25-1-3-29-4-2-26-16(22)6-31-8-18(24)28-12-35-14-33-10-20/h19-20H,1-14H2. The molecule has 0 fully saturated rings. The summed E-state index contributed by atoms with van der Waals surface area (Å²) in [5.74, 6) is 0.163. The first-order valence-electron chi connectivity index (χ1n) is 9.88. The third-order valence-corrected chi connectivity index (χ3v) is 9.25. The fourth-order valence-electron chi connectivity index (χ4n) is 1.61. The van der Waals surface area contributed by atoms with Crippen LogP contribution in [0.25, 0.3) is 0 Å². The maximum Gasteiger partial charge on any atom is 0.316 e. The Bertz CT molecular complexity index is 538. The highest BCUT2D eigenvalue weighted by Gasteiger charge is 2.09. The van der Waals surface area contributed by atoms with E-state index in [1.165, 1.54) is 58.8 Å². The molecule has 0 amide bonds. The lowest BCUT2D eigenvalue weighted by molar-refractivity contribution is -0.140. The fourth-order valence-corrected chi connectivity index (χ4v) is 5.93. The average Bonchev–Trinajstić information content (AvgIpc) is 2.83. The molecule has 35 heavy (non-hydrogen) atoms. The molecular formula is C18H30O10S7. The predicted molar refractivity (Wildman–Crippen MR) is 150 cm³/mol. The monoisotopic (exact) mass is 630 g/mol. The minimum absolute atomic E-state index is 0.0265. The molecule has 0 aliphatic rings. The van der Waals surface area contributed by atoms with Gasteiger partial charge in [-0.1, -0.05) is 0 Å². The molecule has 0 radical (unpaired) electrons. The summed E-state index contributed by atoms with van der Waals surface area (Å²) >= 11 is 9.10. The smallest absolute Gasteiger partial charge is 0.316 e. The van der Waals surface area contributed by atoms with Gasteiger partial charge in [0.2, 0.25) is 0 Å². The third-order valence-electron chi connectivity index (χ3n) is 2.98. The van der Waals surface area contributed by atoms with Crippen LogP contribution in [0.15, 0.2) is 0 Å². The van der Waals surface area contributed by atoms with Crippen LogP contribution in [0.3, 0.4) is 0 Å². The Morgan fingerprint density at radius 1 is 0.486 bits per heavy atom. The lowest BCUT2D eigenvalue weighted by atomic mass is 10.7. The van der Waals surface area contributed by atoms with Crippen LogP contribution >= 0.6 is 82.3 Å². The second-order valence-corrected chi connectivity index (χ2v) is 13.3. The molecule has 0 atom stereocenters. The van der Waals surface area contributed by atoms with Gasteiger partial charge < -0.3 is 29.2 Å². The van der Waals surface area contributed by atoms with Crippen LogP contribution in [-0.2, 0) is 38.1 Å². The molecule has 10 nitrogen and oxygen atoms in total. The third kappa shape index (κ3) is 27.1. The molecule has 0 spiro atoms. The van der Waals surface area contributed by atoms with Crippen molar-refractivity contribution < 1.29 is 48.3 Å². The summed E-state index contributed by atoms with van der Waals surface area (Å²) in [6.07, 6.45) is 0. The lowest BCUT2D eigenvalue weighted by Crippen LogP contribution is -2.14. The maximum absolute atomic E-state index is 11.6. The molecule has 0 aromatic carbocycles. The topological polar surface area (TPSA) is 146 Å². The number of rotatable bonds is 24. The van der Waals surface area contributed by atoms with E-state index in [0.717, 1.165) is 23.5 Å². The van der Waals surface area contributed by atoms with Gasteiger partial charge in [-0.2, -0.15) is 11.8 Å². The Kier molecular flexibility index (Phi) is 27.5. The van der Waals surface area contributed by atoms with Crippen LogP contribution in [0.1, 0.15) is 0 Å². The first-order valence-corrected chi connectivity index (χ1v) is 18.0. The van der Waals surface area contributed by atoms with Crippen LogP contribution < -0.4 is 0 Å². The zero-order chi connectivity index (χ0) is 26.0. The van der Waals surface area contributed by atoms with E-state index in [1.54, 1.807) is 0 Å². The van der Waals surface area contributed by atoms with Gasteiger partial charge in [0.15, 0.2) is 0 Å². The largest absolute Gasteiger partial charge is 0.464 e. The summed E-state index contributed by atoms with van der Waals surface area (Å²) in [5.41, 5.74) is 0. The van der Waals surface area contributed by atoms with Gasteiger partial charge in [-0.15, -0.1) is 70.6 Å². The van der Waals surface area contributed by atoms with Crippen molar-refractivity contribution in [2.75, 3.05) is 81.7 Å². The molecule has 0 saturated heterocycles. The van der Waals surface area contributed by atoms with Crippen molar-refractivity contribution in [3.8, 4) is 0 Å². The lowest BCUT2D eigenvalue weighted by Gasteiger charge is -2.07. The van der Waals surface area contributed by atoms with Crippen molar-refractivity contribution in [2.45, 2.75) is 0 Å². The van der Waals surface area contributed by atoms with E-state index in [1.807, 2.05) is 0 Å². The zero-order valence-corrected chi connectivity index (χ0v) is 24.6. The molecule has 0 aromatic heterocycles. The van der Waals surface area contributed by atoms with Crippen molar-refractivity contribution >= 4 is 106 Å². The van der Waals surface area contributed by atoms with E-state index in [4.69, 9.17) is 29.2 Å². The molecule has 0 saturated carbocycles. The predicted octanol–water partition coefficient (Wildman–Crippen LogP) is 2.02. The molecule has 0 aromatic rings. The van der Waals surface area contributed by atoms with Gasteiger partial charge in [0.25, 0.3) is 0 Å². The van der Waals surface area contributed by atoms with Gasteiger partial charge in [0, 0.05) is 21.7 Å². The number of aliphatic hydroxyl groups excluding tert-OH is 2. The maximum atomic E-state index is 11.6. The number of esters is 4. The van der Waals surface area contributed by atoms with Crippen LogP contribution in [0.2, 0.25) is 0 Å². The Morgan fingerprint density at radius 2 is 0.857 bits per heavy atom. The number of ether oxygens (including phenoxy) is 4. The molecule has 204 valence electrons. The van der Waals surface area contributed by atoms with Gasteiger partial charge in [-0.25, -0.2) is 0 Å². The van der Waals surface area contributed by atoms with Crippen molar-refractivity contribution in [3.05, 3.63) is 0 Å². The Labute approximate surface area is 234 Å². The second kappa shape index (κ2) is 27.3. The van der Waals surface area contributed by atoms with E-state index in [0.29, 0.717) is 21.7 Å². The van der Waals surface area contributed by atoms with Crippen molar-refractivity contribution in [1.29, 1.82) is 0 Å². The van der Waals surface area contributed by atoms with Crippen LogP contribution in [0.4, 0.5) is 0 Å². The van der Waals surface area contributed by atoms with Crippen molar-refractivity contribution in [2.24, 2.45) is 0 Å². The molecule has 0 unspecified atom stereocenters. The molecular weight excluding hydrogens is 601 g/mol. The molecule has 0 aliphatic carbocycles. The van der Waals surface area contributed by atoms with Gasteiger partial charge in [-0.3, -0.25) is 19.2 Å². The summed E-state index contributed by atoms with van der Waals surface area (Å²) in [7, 11) is 0. The van der Waals surface area contributed by atoms with E-state index < -0.39 is 23.9 Å². The number of carbonyl (C=O) groups is 4. The van der Waals surface area contributed by atoms with E-state index >= 15 is 0 Å². The van der Waals surface area contributed by atoms with E-state index in [-0.39, 0.29) is 60.0 Å².